The van der Waals surface area contributed by atoms with Crippen molar-refractivity contribution in [3.63, 3.8) is 0 Å². The molecule has 0 N–H and O–H groups in total. The van der Waals surface area contributed by atoms with Gasteiger partial charge in [-0.2, -0.15) is 0 Å². The molecule has 0 aliphatic heterocycles. The highest BCUT2D eigenvalue weighted by molar-refractivity contribution is 9.10. The predicted octanol–water partition coefficient (Wildman–Crippen LogP) is 4.75. The van der Waals surface area contributed by atoms with E-state index in [1.807, 2.05) is 5.51 Å². The maximum Gasteiger partial charge on any atom is 0.0798 e. The number of benzene rings is 1. The quantitative estimate of drug-likeness (QED) is 0.701. The second-order valence-electron chi connectivity index (χ2n) is 4.14. The van der Waals surface area contributed by atoms with E-state index in [1.54, 1.807) is 11.3 Å². The summed E-state index contributed by atoms with van der Waals surface area (Å²) >= 11 is 8.82. The lowest BCUT2D eigenvalue weighted by atomic mass is 10.2. The summed E-state index contributed by atoms with van der Waals surface area (Å²) in [7, 11) is 2.10. The number of thiazole rings is 1. The molecule has 0 aliphatic carbocycles. The average Bonchev–Trinajstić information content (AvgIpc) is 2.74. The van der Waals surface area contributed by atoms with Crippen LogP contribution in [-0.4, -0.2) is 12.0 Å². The van der Waals surface area contributed by atoms with E-state index in [4.69, 9.17) is 0 Å². The Balaban J connectivity index is 2.19. The Morgan fingerprint density at radius 1 is 1.39 bits per heavy atom. The maximum absolute atomic E-state index is 4.29. The van der Waals surface area contributed by atoms with Crippen molar-refractivity contribution in [2.75, 3.05) is 11.9 Å². The summed E-state index contributed by atoms with van der Waals surface area (Å²) in [6.45, 7) is 2.95. The molecular formula is C13H14Br2N2S. The fraction of sp³-hybridized carbons (Fsp3) is 0.308. The van der Waals surface area contributed by atoms with Gasteiger partial charge in [0, 0.05) is 21.7 Å². The molecular weight excluding hydrogens is 376 g/mol. The third-order valence-electron chi connectivity index (χ3n) is 2.80. The first-order valence-electron chi connectivity index (χ1n) is 5.56. The van der Waals surface area contributed by atoms with E-state index in [-0.39, 0.29) is 0 Å². The molecule has 1 aromatic heterocycles. The van der Waals surface area contributed by atoms with E-state index in [1.165, 1.54) is 16.1 Å². The highest BCUT2D eigenvalue weighted by atomic mass is 79.9. The number of hydrogen-bond donors (Lipinski definition) is 0. The van der Waals surface area contributed by atoms with Crippen LogP contribution in [-0.2, 0) is 11.9 Å². The summed E-state index contributed by atoms with van der Waals surface area (Å²) in [5.74, 6) is 0. The van der Waals surface area contributed by atoms with Gasteiger partial charge >= 0.3 is 0 Å². The normalized spacial score (nSPS) is 10.7. The molecule has 18 heavy (non-hydrogen) atoms. The van der Waals surface area contributed by atoms with Gasteiger partial charge in [-0.25, -0.2) is 4.98 Å². The molecule has 0 atom stereocenters. The van der Waals surface area contributed by atoms with Crippen LogP contribution < -0.4 is 4.90 Å². The summed E-state index contributed by atoms with van der Waals surface area (Å²) in [6, 6.07) is 6.45. The van der Waals surface area contributed by atoms with Gasteiger partial charge in [0.05, 0.1) is 23.4 Å². The second-order valence-corrected chi connectivity index (χ2v) is 6.49. The molecule has 2 nitrogen and oxygen atoms in total. The van der Waals surface area contributed by atoms with Gasteiger partial charge in [0.25, 0.3) is 0 Å². The van der Waals surface area contributed by atoms with Gasteiger partial charge in [-0.1, -0.05) is 22.0 Å². The molecule has 5 heteroatoms. The molecule has 1 aromatic carbocycles. The van der Waals surface area contributed by atoms with E-state index in [0.29, 0.717) is 0 Å². The van der Waals surface area contributed by atoms with Crippen molar-refractivity contribution < 1.29 is 0 Å². The van der Waals surface area contributed by atoms with Crippen molar-refractivity contribution in [3.05, 3.63) is 44.3 Å². The third-order valence-corrected chi connectivity index (χ3v) is 5.01. The molecule has 0 saturated heterocycles. The Morgan fingerprint density at radius 3 is 2.72 bits per heavy atom. The van der Waals surface area contributed by atoms with Crippen LogP contribution in [0.4, 0.5) is 5.69 Å². The van der Waals surface area contributed by atoms with Crippen LogP contribution in [0.2, 0.25) is 0 Å². The van der Waals surface area contributed by atoms with Crippen molar-refractivity contribution >= 4 is 48.9 Å². The number of halogens is 2. The number of nitrogens with zero attached hydrogens (tertiary/aromatic N) is 2. The SMILES string of the molecule is Cc1ncsc1CN(C)c1ccc(CBr)cc1Br. The number of hydrogen-bond acceptors (Lipinski definition) is 3. The zero-order chi connectivity index (χ0) is 13.1. The highest BCUT2D eigenvalue weighted by Crippen LogP contribution is 2.29. The van der Waals surface area contributed by atoms with Gasteiger partial charge in [-0.05, 0) is 40.5 Å². The maximum atomic E-state index is 4.29. The minimum absolute atomic E-state index is 0.879. The van der Waals surface area contributed by atoms with Gasteiger partial charge in [0.15, 0.2) is 0 Å². The fourth-order valence-electron chi connectivity index (χ4n) is 1.72. The molecule has 0 fully saturated rings. The number of rotatable bonds is 4. The van der Waals surface area contributed by atoms with E-state index < -0.39 is 0 Å². The molecule has 0 unspecified atom stereocenters. The van der Waals surface area contributed by atoms with E-state index in [2.05, 4.69) is 73.9 Å². The van der Waals surface area contributed by atoms with Crippen LogP contribution >= 0.6 is 43.2 Å². The van der Waals surface area contributed by atoms with Crippen LogP contribution in [0.1, 0.15) is 16.1 Å². The summed E-state index contributed by atoms with van der Waals surface area (Å²) in [4.78, 5) is 7.84. The molecule has 0 amide bonds. The molecule has 2 aromatic rings. The van der Waals surface area contributed by atoms with Crippen LogP contribution in [0.5, 0.6) is 0 Å². The standard InChI is InChI=1S/C13H14Br2N2S/c1-9-13(18-8-16-9)7-17(2)12-4-3-10(6-14)5-11(12)15/h3-5,8H,6-7H2,1-2H3. The molecule has 2 rings (SSSR count). The van der Waals surface area contributed by atoms with Gasteiger partial charge in [0.2, 0.25) is 0 Å². The highest BCUT2D eigenvalue weighted by Gasteiger charge is 2.09. The van der Waals surface area contributed by atoms with E-state index in [0.717, 1.165) is 22.0 Å². The van der Waals surface area contributed by atoms with Crippen LogP contribution in [0.25, 0.3) is 0 Å². The van der Waals surface area contributed by atoms with Gasteiger partial charge in [-0.3, -0.25) is 0 Å². The van der Waals surface area contributed by atoms with E-state index >= 15 is 0 Å². The lowest BCUT2D eigenvalue weighted by Gasteiger charge is -2.20. The first-order valence-corrected chi connectivity index (χ1v) is 8.35. The zero-order valence-electron chi connectivity index (χ0n) is 10.3. The first kappa shape index (κ1) is 14.0. The second kappa shape index (κ2) is 6.17. The molecule has 0 bridgehead atoms. The lowest BCUT2D eigenvalue weighted by Crippen LogP contribution is -2.16. The summed E-state index contributed by atoms with van der Waals surface area (Å²) in [5, 5.41) is 0.879. The molecule has 0 radical (unpaired) electrons. The van der Waals surface area contributed by atoms with Crippen LogP contribution in [0, 0.1) is 6.92 Å². The molecule has 0 aliphatic rings. The summed E-state index contributed by atoms with van der Waals surface area (Å²) in [6.07, 6.45) is 0. The molecule has 0 saturated carbocycles. The zero-order valence-corrected chi connectivity index (χ0v) is 14.3. The van der Waals surface area contributed by atoms with Gasteiger partial charge < -0.3 is 4.90 Å². The van der Waals surface area contributed by atoms with Crippen molar-refractivity contribution in [2.45, 2.75) is 18.8 Å². The average molecular weight is 390 g/mol. The largest absolute Gasteiger partial charge is 0.368 e. The molecule has 1 heterocycles. The number of anilines is 1. The Labute approximate surface area is 128 Å². The monoisotopic (exact) mass is 388 g/mol. The van der Waals surface area contributed by atoms with E-state index in [9.17, 15) is 0 Å². The first-order chi connectivity index (χ1) is 8.61. The van der Waals surface area contributed by atoms with Crippen molar-refractivity contribution in [2.24, 2.45) is 0 Å². The number of aromatic nitrogens is 1. The minimum Gasteiger partial charge on any atom is -0.368 e. The molecule has 96 valence electrons. The minimum atomic E-state index is 0.879. The Morgan fingerprint density at radius 2 is 2.17 bits per heavy atom. The van der Waals surface area contributed by atoms with Crippen molar-refractivity contribution in [3.8, 4) is 0 Å². The Bertz CT molecular complexity index is 540. The summed E-state index contributed by atoms with van der Waals surface area (Å²) < 4.78 is 1.13. The Kier molecular flexibility index (Phi) is 4.81. The van der Waals surface area contributed by atoms with Crippen molar-refractivity contribution in [1.82, 2.24) is 4.98 Å². The fourth-order valence-corrected chi connectivity index (χ4v) is 3.63. The van der Waals surface area contributed by atoms with Gasteiger partial charge in [-0.15, -0.1) is 11.3 Å². The topological polar surface area (TPSA) is 16.1 Å². The Hall–Kier alpha value is -0.390. The van der Waals surface area contributed by atoms with Crippen LogP contribution in [0.15, 0.2) is 28.2 Å². The van der Waals surface area contributed by atoms with Crippen LogP contribution in [0.3, 0.4) is 0 Å². The van der Waals surface area contributed by atoms with Crippen molar-refractivity contribution in [1.29, 1.82) is 0 Å². The third kappa shape index (κ3) is 3.13. The number of alkyl halides is 1. The molecule has 0 spiro atoms. The summed E-state index contributed by atoms with van der Waals surface area (Å²) in [5.41, 5.74) is 5.50. The predicted molar refractivity (Wildman–Crippen MR) is 85.7 cm³/mol. The lowest BCUT2D eigenvalue weighted by molar-refractivity contribution is 0.922. The number of aryl methyl sites for hydroxylation is 1. The van der Waals surface area contributed by atoms with Gasteiger partial charge in [0.1, 0.15) is 0 Å². The smallest absolute Gasteiger partial charge is 0.0798 e.